The van der Waals surface area contributed by atoms with Gasteiger partial charge in [-0.25, -0.2) is 4.39 Å². The maximum Gasteiger partial charge on any atom is 0.233 e. The topological polar surface area (TPSA) is 41.1 Å². The third-order valence-corrected chi connectivity index (χ3v) is 3.24. The maximum atomic E-state index is 12.9. The molecule has 0 aliphatic carbocycles. The van der Waals surface area contributed by atoms with Crippen molar-refractivity contribution >= 4 is 5.91 Å². The van der Waals surface area contributed by atoms with Gasteiger partial charge in [0, 0.05) is 12.6 Å². The van der Waals surface area contributed by atoms with E-state index in [0.717, 1.165) is 24.0 Å². The summed E-state index contributed by atoms with van der Waals surface area (Å²) < 4.78 is 12.9. The second-order valence-corrected chi connectivity index (χ2v) is 4.86. The van der Waals surface area contributed by atoms with Gasteiger partial charge in [-0.05, 0) is 49.9 Å². The quantitative estimate of drug-likeness (QED) is 0.794. The molecule has 1 aromatic carbocycles. The second kappa shape index (κ2) is 7.89. The Morgan fingerprint density at radius 3 is 2.79 bits per heavy atom. The van der Waals surface area contributed by atoms with Gasteiger partial charge < -0.3 is 10.6 Å². The molecule has 1 aromatic rings. The van der Waals surface area contributed by atoms with Crippen molar-refractivity contribution in [2.45, 2.75) is 39.7 Å². The average Bonchev–Trinajstić information content (AvgIpc) is 2.38. The van der Waals surface area contributed by atoms with Gasteiger partial charge in [0.1, 0.15) is 5.82 Å². The SMILES string of the molecule is CCC(C)NCC(=O)NCCc1ccc(F)cc1C. The van der Waals surface area contributed by atoms with E-state index in [9.17, 15) is 9.18 Å². The Morgan fingerprint density at radius 2 is 2.16 bits per heavy atom. The van der Waals surface area contributed by atoms with Crippen molar-refractivity contribution in [1.82, 2.24) is 10.6 Å². The van der Waals surface area contributed by atoms with Crippen molar-refractivity contribution in [2.24, 2.45) is 0 Å². The fourth-order valence-electron chi connectivity index (χ4n) is 1.75. The minimum Gasteiger partial charge on any atom is -0.355 e. The first-order chi connectivity index (χ1) is 9.02. The number of carbonyl (C=O) groups is 1. The Balaban J connectivity index is 2.28. The van der Waals surface area contributed by atoms with Gasteiger partial charge >= 0.3 is 0 Å². The molecule has 0 saturated carbocycles. The zero-order chi connectivity index (χ0) is 14.3. The number of halogens is 1. The molecule has 0 fully saturated rings. The molecule has 1 atom stereocenters. The lowest BCUT2D eigenvalue weighted by Gasteiger charge is -2.11. The van der Waals surface area contributed by atoms with E-state index in [4.69, 9.17) is 0 Å². The summed E-state index contributed by atoms with van der Waals surface area (Å²) in [4.78, 5) is 11.6. The van der Waals surface area contributed by atoms with Crippen molar-refractivity contribution < 1.29 is 9.18 Å². The minimum absolute atomic E-state index is 0.0000599. The molecule has 0 saturated heterocycles. The maximum absolute atomic E-state index is 12.9. The van der Waals surface area contributed by atoms with E-state index >= 15 is 0 Å². The highest BCUT2D eigenvalue weighted by molar-refractivity contribution is 5.78. The molecule has 19 heavy (non-hydrogen) atoms. The molecule has 0 aliphatic rings. The molecule has 4 heteroatoms. The van der Waals surface area contributed by atoms with Gasteiger partial charge in [-0.1, -0.05) is 13.0 Å². The highest BCUT2D eigenvalue weighted by Crippen LogP contribution is 2.10. The number of hydrogen-bond donors (Lipinski definition) is 2. The van der Waals surface area contributed by atoms with E-state index in [2.05, 4.69) is 24.5 Å². The van der Waals surface area contributed by atoms with Crippen LogP contribution in [0.5, 0.6) is 0 Å². The van der Waals surface area contributed by atoms with E-state index in [-0.39, 0.29) is 11.7 Å². The lowest BCUT2D eigenvalue weighted by atomic mass is 10.1. The van der Waals surface area contributed by atoms with E-state index in [1.165, 1.54) is 12.1 Å². The van der Waals surface area contributed by atoms with E-state index in [1.54, 1.807) is 6.07 Å². The summed E-state index contributed by atoms with van der Waals surface area (Å²) in [5, 5.41) is 6.00. The molecule has 3 nitrogen and oxygen atoms in total. The van der Waals surface area contributed by atoms with Crippen LogP contribution in [-0.2, 0) is 11.2 Å². The van der Waals surface area contributed by atoms with Crippen molar-refractivity contribution in [3.8, 4) is 0 Å². The molecule has 1 unspecified atom stereocenters. The predicted octanol–water partition coefficient (Wildman–Crippen LogP) is 2.18. The standard InChI is InChI=1S/C15H23FN2O/c1-4-12(3)18-10-15(19)17-8-7-13-5-6-14(16)9-11(13)2/h5-6,9,12,18H,4,7-8,10H2,1-3H3,(H,17,19). The van der Waals surface area contributed by atoms with Crippen LogP contribution < -0.4 is 10.6 Å². The van der Waals surface area contributed by atoms with Crippen molar-refractivity contribution in [1.29, 1.82) is 0 Å². The van der Waals surface area contributed by atoms with Crippen LogP contribution in [-0.4, -0.2) is 25.0 Å². The summed E-state index contributed by atoms with van der Waals surface area (Å²) in [7, 11) is 0. The van der Waals surface area contributed by atoms with Crippen LogP contribution in [0, 0.1) is 12.7 Å². The summed E-state index contributed by atoms with van der Waals surface area (Å²) in [6.45, 7) is 6.93. The van der Waals surface area contributed by atoms with Crippen LogP contribution in [0.25, 0.3) is 0 Å². The Hall–Kier alpha value is -1.42. The van der Waals surface area contributed by atoms with Crippen LogP contribution in [0.1, 0.15) is 31.4 Å². The number of aryl methyl sites for hydroxylation is 1. The summed E-state index contributed by atoms with van der Waals surface area (Å²) in [6, 6.07) is 5.09. The third-order valence-electron chi connectivity index (χ3n) is 3.24. The molecular weight excluding hydrogens is 243 g/mol. The Morgan fingerprint density at radius 1 is 1.42 bits per heavy atom. The second-order valence-electron chi connectivity index (χ2n) is 4.86. The number of nitrogens with one attached hydrogen (secondary N) is 2. The molecule has 0 aliphatic heterocycles. The van der Waals surface area contributed by atoms with Gasteiger partial charge in [-0.2, -0.15) is 0 Å². The number of carbonyl (C=O) groups excluding carboxylic acids is 1. The molecule has 0 heterocycles. The van der Waals surface area contributed by atoms with E-state index in [0.29, 0.717) is 19.1 Å². The highest BCUT2D eigenvalue weighted by atomic mass is 19.1. The molecule has 2 N–H and O–H groups in total. The Labute approximate surface area is 114 Å². The van der Waals surface area contributed by atoms with Crippen LogP contribution in [0.3, 0.4) is 0 Å². The predicted molar refractivity (Wildman–Crippen MR) is 75.6 cm³/mol. The molecule has 1 rings (SSSR count). The smallest absolute Gasteiger partial charge is 0.233 e. The summed E-state index contributed by atoms with van der Waals surface area (Å²) in [5.41, 5.74) is 1.99. The largest absolute Gasteiger partial charge is 0.355 e. The summed E-state index contributed by atoms with van der Waals surface area (Å²) in [5.74, 6) is -0.219. The van der Waals surface area contributed by atoms with Crippen LogP contribution in [0.2, 0.25) is 0 Å². The van der Waals surface area contributed by atoms with Crippen molar-refractivity contribution in [3.63, 3.8) is 0 Å². The monoisotopic (exact) mass is 266 g/mol. The van der Waals surface area contributed by atoms with Crippen molar-refractivity contribution in [2.75, 3.05) is 13.1 Å². The molecular formula is C15H23FN2O. The first-order valence-electron chi connectivity index (χ1n) is 6.78. The molecule has 0 bridgehead atoms. The Kier molecular flexibility index (Phi) is 6.50. The summed E-state index contributed by atoms with van der Waals surface area (Å²) in [6.07, 6.45) is 1.73. The van der Waals surface area contributed by atoms with Gasteiger partial charge in [0.05, 0.1) is 6.54 Å². The number of hydrogen-bond acceptors (Lipinski definition) is 2. The molecule has 0 aromatic heterocycles. The highest BCUT2D eigenvalue weighted by Gasteiger charge is 2.04. The van der Waals surface area contributed by atoms with Gasteiger partial charge in [-0.15, -0.1) is 0 Å². The first kappa shape index (κ1) is 15.6. The van der Waals surface area contributed by atoms with Gasteiger partial charge in [0.25, 0.3) is 0 Å². The number of benzene rings is 1. The molecule has 0 spiro atoms. The van der Waals surface area contributed by atoms with Gasteiger partial charge in [0.2, 0.25) is 5.91 Å². The van der Waals surface area contributed by atoms with E-state index < -0.39 is 0 Å². The van der Waals surface area contributed by atoms with Crippen molar-refractivity contribution in [3.05, 3.63) is 35.1 Å². The first-order valence-corrected chi connectivity index (χ1v) is 6.78. The molecule has 1 amide bonds. The van der Waals surface area contributed by atoms with Crippen LogP contribution in [0.4, 0.5) is 4.39 Å². The van der Waals surface area contributed by atoms with Crippen LogP contribution >= 0.6 is 0 Å². The fourth-order valence-corrected chi connectivity index (χ4v) is 1.75. The van der Waals surface area contributed by atoms with Gasteiger partial charge in [0.15, 0.2) is 0 Å². The normalized spacial score (nSPS) is 12.2. The van der Waals surface area contributed by atoms with Crippen LogP contribution in [0.15, 0.2) is 18.2 Å². The molecule has 0 radical (unpaired) electrons. The summed E-state index contributed by atoms with van der Waals surface area (Å²) >= 11 is 0. The zero-order valence-electron chi connectivity index (χ0n) is 11.9. The number of rotatable bonds is 7. The lowest BCUT2D eigenvalue weighted by molar-refractivity contribution is -0.120. The third kappa shape index (κ3) is 5.83. The fraction of sp³-hybridized carbons (Fsp3) is 0.533. The lowest BCUT2D eigenvalue weighted by Crippen LogP contribution is -2.38. The zero-order valence-corrected chi connectivity index (χ0v) is 11.9. The van der Waals surface area contributed by atoms with Gasteiger partial charge in [-0.3, -0.25) is 4.79 Å². The molecule has 106 valence electrons. The van der Waals surface area contributed by atoms with E-state index in [1.807, 2.05) is 6.92 Å². The minimum atomic E-state index is -0.219. The Bertz CT molecular complexity index is 421. The number of amides is 1. The average molecular weight is 266 g/mol.